The van der Waals surface area contributed by atoms with Crippen molar-refractivity contribution in [3.05, 3.63) is 59.4 Å². The molecule has 2 aromatic heterocycles. The highest BCUT2D eigenvalue weighted by molar-refractivity contribution is 6.52. The Bertz CT molecular complexity index is 1000. The largest absolute Gasteiger partial charge is 0.366 e. The van der Waals surface area contributed by atoms with E-state index in [1.165, 1.54) is 16.7 Å². The molecule has 0 radical (unpaired) electrons. The number of imidazole rings is 1. The number of hydrogen-bond donors (Lipinski definition) is 1. The fraction of sp³-hybridized carbons (Fsp3) is 0. The summed E-state index contributed by atoms with van der Waals surface area (Å²) in [5, 5.41) is 0. The van der Waals surface area contributed by atoms with Gasteiger partial charge in [-0.25, -0.2) is 4.98 Å². The van der Waals surface area contributed by atoms with Gasteiger partial charge in [0.25, 0.3) is 5.78 Å². The lowest BCUT2D eigenvalue weighted by atomic mass is 9.90. The number of carbonyl (C=O) groups is 3. The summed E-state index contributed by atoms with van der Waals surface area (Å²) in [5.74, 6) is -1.82. The van der Waals surface area contributed by atoms with Crippen LogP contribution in [0.3, 0.4) is 0 Å². The van der Waals surface area contributed by atoms with Crippen LogP contribution in [0.5, 0.6) is 0 Å². The van der Waals surface area contributed by atoms with Gasteiger partial charge in [-0.1, -0.05) is 24.3 Å². The van der Waals surface area contributed by atoms with Crippen LogP contribution in [0.2, 0.25) is 0 Å². The van der Waals surface area contributed by atoms with E-state index < -0.39 is 17.5 Å². The first-order chi connectivity index (χ1) is 10.6. The molecule has 0 saturated heterocycles. The fourth-order valence-electron chi connectivity index (χ4n) is 2.71. The molecule has 22 heavy (non-hydrogen) atoms. The molecule has 0 saturated carbocycles. The highest BCUT2D eigenvalue weighted by atomic mass is 16.2. The summed E-state index contributed by atoms with van der Waals surface area (Å²) in [7, 11) is 0. The SMILES string of the molecule is NC(=O)c1ccc2nc3c(n2c1)C(=O)C(=O)c1ccccc1-3. The van der Waals surface area contributed by atoms with Crippen LogP contribution in [0.15, 0.2) is 42.6 Å². The van der Waals surface area contributed by atoms with Crippen LogP contribution in [0.1, 0.15) is 31.2 Å². The molecule has 0 atom stereocenters. The smallest absolute Gasteiger partial charge is 0.252 e. The Morgan fingerprint density at radius 1 is 1.00 bits per heavy atom. The molecule has 6 heteroatoms. The summed E-state index contributed by atoms with van der Waals surface area (Å²) in [6.07, 6.45) is 1.43. The second-order valence-corrected chi connectivity index (χ2v) is 5.02. The van der Waals surface area contributed by atoms with Crippen molar-refractivity contribution in [1.29, 1.82) is 0 Å². The van der Waals surface area contributed by atoms with E-state index in [-0.39, 0.29) is 11.3 Å². The third-order valence-electron chi connectivity index (χ3n) is 3.75. The zero-order valence-electron chi connectivity index (χ0n) is 11.2. The number of benzene rings is 1. The predicted octanol–water partition coefficient (Wildman–Crippen LogP) is 1.48. The normalized spacial score (nSPS) is 13.1. The minimum Gasteiger partial charge on any atom is -0.366 e. The van der Waals surface area contributed by atoms with Gasteiger partial charge in [-0.3, -0.25) is 18.8 Å². The van der Waals surface area contributed by atoms with Crippen molar-refractivity contribution in [2.24, 2.45) is 5.73 Å². The standard InChI is InChI=1S/C16H9N3O3/c17-16(22)8-5-6-11-18-12-9-3-1-2-4-10(9)14(20)15(21)13(12)19(11)7-8/h1-7H,(H2,17,22). The summed E-state index contributed by atoms with van der Waals surface area (Å²) >= 11 is 0. The minimum absolute atomic E-state index is 0.168. The molecular formula is C16H9N3O3. The lowest BCUT2D eigenvalue weighted by molar-refractivity contribution is 0.0812. The topological polar surface area (TPSA) is 94.5 Å². The Labute approximate surface area is 124 Å². The number of fused-ring (bicyclic) bond motifs is 5. The second kappa shape index (κ2) is 4.11. The summed E-state index contributed by atoms with van der Waals surface area (Å²) in [6.45, 7) is 0. The highest BCUT2D eigenvalue weighted by Gasteiger charge is 2.34. The molecule has 0 bridgehead atoms. The Hall–Kier alpha value is -3.28. The summed E-state index contributed by atoms with van der Waals surface area (Å²) in [4.78, 5) is 40.4. The zero-order valence-corrected chi connectivity index (χ0v) is 11.2. The summed E-state index contributed by atoms with van der Waals surface area (Å²) < 4.78 is 1.45. The molecule has 2 heterocycles. The third-order valence-corrected chi connectivity index (χ3v) is 3.75. The molecule has 3 aromatic rings. The minimum atomic E-state index is -0.636. The Morgan fingerprint density at radius 3 is 2.45 bits per heavy atom. The predicted molar refractivity (Wildman–Crippen MR) is 77.8 cm³/mol. The van der Waals surface area contributed by atoms with Gasteiger partial charge >= 0.3 is 0 Å². The molecule has 1 amide bonds. The maximum Gasteiger partial charge on any atom is 0.252 e. The average Bonchev–Trinajstić information content (AvgIpc) is 2.91. The number of carbonyl (C=O) groups excluding carboxylic acids is 3. The number of ketones is 2. The monoisotopic (exact) mass is 291 g/mol. The van der Waals surface area contributed by atoms with Crippen molar-refractivity contribution in [3.63, 3.8) is 0 Å². The second-order valence-electron chi connectivity index (χ2n) is 5.02. The Morgan fingerprint density at radius 2 is 1.73 bits per heavy atom. The van der Waals surface area contributed by atoms with Gasteiger partial charge in [-0.15, -0.1) is 0 Å². The third kappa shape index (κ3) is 1.49. The zero-order chi connectivity index (χ0) is 15.4. The van der Waals surface area contributed by atoms with E-state index >= 15 is 0 Å². The molecule has 0 spiro atoms. The summed E-state index contributed by atoms with van der Waals surface area (Å²) in [5.41, 5.74) is 7.56. The van der Waals surface area contributed by atoms with Gasteiger partial charge in [-0.05, 0) is 12.1 Å². The number of nitrogens with two attached hydrogens (primary N) is 1. The van der Waals surface area contributed by atoms with Crippen LogP contribution in [0, 0.1) is 0 Å². The Balaban J connectivity index is 2.12. The number of aromatic nitrogens is 2. The van der Waals surface area contributed by atoms with Crippen LogP contribution in [0.25, 0.3) is 16.9 Å². The molecule has 1 aliphatic rings. The molecule has 1 aliphatic carbocycles. The molecule has 4 rings (SSSR count). The molecule has 0 fully saturated rings. The van der Waals surface area contributed by atoms with Crippen molar-refractivity contribution >= 4 is 23.1 Å². The van der Waals surface area contributed by atoms with Gasteiger partial charge in [-0.2, -0.15) is 0 Å². The average molecular weight is 291 g/mol. The van der Waals surface area contributed by atoms with E-state index in [9.17, 15) is 14.4 Å². The molecule has 0 aliphatic heterocycles. The first kappa shape index (κ1) is 12.5. The van der Waals surface area contributed by atoms with Crippen molar-refractivity contribution < 1.29 is 14.4 Å². The van der Waals surface area contributed by atoms with Crippen LogP contribution in [0.4, 0.5) is 0 Å². The van der Waals surface area contributed by atoms with Gasteiger partial charge in [0, 0.05) is 17.3 Å². The molecule has 2 N–H and O–H groups in total. The number of amides is 1. The number of Topliss-reactive ketones (excluding diaryl/α,β-unsaturated/α-hetero) is 2. The van der Waals surface area contributed by atoms with E-state index in [0.717, 1.165) is 0 Å². The first-order valence-corrected chi connectivity index (χ1v) is 6.58. The number of nitrogens with zero attached hydrogens (tertiary/aromatic N) is 2. The number of pyridine rings is 1. The van der Waals surface area contributed by atoms with Gasteiger partial charge in [0.15, 0.2) is 0 Å². The van der Waals surface area contributed by atoms with E-state index in [2.05, 4.69) is 4.98 Å². The lowest BCUT2D eigenvalue weighted by Crippen LogP contribution is -2.22. The van der Waals surface area contributed by atoms with E-state index in [0.29, 0.717) is 22.5 Å². The highest BCUT2D eigenvalue weighted by Crippen LogP contribution is 2.33. The van der Waals surface area contributed by atoms with Crippen molar-refractivity contribution in [3.8, 4) is 11.3 Å². The number of rotatable bonds is 1. The van der Waals surface area contributed by atoms with E-state index in [4.69, 9.17) is 5.73 Å². The summed E-state index contributed by atoms with van der Waals surface area (Å²) in [6, 6.07) is 9.98. The molecular weight excluding hydrogens is 282 g/mol. The number of hydrogen-bond acceptors (Lipinski definition) is 4. The van der Waals surface area contributed by atoms with Gasteiger partial charge in [0.2, 0.25) is 11.7 Å². The van der Waals surface area contributed by atoms with E-state index in [1.54, 1.807) is 30.3 Å². The maximum absolute atomic E-state index is 12.4. The molecule has 0 unspecified atom stereocenters. The van der Waals surface area contributed by atoms with Gasteiger partial charge < -0.3 is 5.73 Å². The van der Waals surface area contributed by atoms with Crippen LogP contribution in [-0.2, 0) is 0 Å². The molecule has 6 nitrogen and oxygen atoms in total. The van der Waals surface area contributed by atoms with E-state index in [1.807, 2.05) is 0 Å². The van der Waals surface area contributed by atoms with Crippen molar-refractivity contribution in [2.75, 3.05) is 0 Å². The Kier molecular flexibility index (Phi) is 2.33. The van der Waals surface area contributed by atoms with Crippen molar-refractivity contribution in [2.45, 2.75) is 0 Å². The number of primary amides is 1. The van der Waals surface area contributed by atoms with Gasteiger partial charge in [0.1, 0.15) is 17.0 Å². The van der Waals surface area contributed by atoms with Crippen molar-refractivity contribution in [1.82, 2.24) is 9.38 Å². The van der Waals surface area contributed by atoms with Crippen LogP contribution < -0.4 is 5.73 Å². The quantitative estimate of drug-likeness (QED) is 0.687. The molecule has 106 valence electrons. The molecule has 1 aromatic carbocycles. The first-order valence-electron chi connectivity index (χ1n) is 6.58. The van der Waals surface area contributed by atoms with Gasteiger partial charge in [0.05, 0.1) is 5.56 Å². The lowest BCUT2D eigenvalue weighted by Gasteiger charge is -2.13. The van der Waals surface area contributed by atoms with Crippen LogP contribution >= 0.6 is 0 Å². The fourth-order valence-corrected chi connectivity index (χ4v) is 2.71. The van der Waals surface area contributed by atoms with Crippen LogP contribution in [-0.4, -0.2) is 26.9 Å². The maximum atomic E-state index is 12.4.